The van der Waals surface area contributed by atoms with E-state index in [-0.39, 0.29) is 35.5 Å². The Balaban J connectivity index is 1.36. The standard InChI is InChI=1S/C32H57NO8/c1-18(6-9-27(38)33(4)16-24(36)29(39)30(40)25(37)17-34)21-7-8-22-28-23(11-13-32(21,22)3)31(2)12-10-20(35)14-19(31)15-26(28)41-5/h18-26,28-30,34-37,39-40H,6-17H2,1-5H3/t18-,19+,20-,21?,22+,23+,24+,25-,26-,28+,29-,30-,31+,32-/m1/s1. The molecule has 4 aliphatic rings. The molecule has 238 valence electrons. The Morgan fingerprint density at radius 1 is 0.951 bits per heavy atom. The van der Waals surface area contributed by atoms with E-state index < -0.39 is 31.0 Å². The van der Waals surface area contributed by atoms with Crippen molar-refractivity contribution < 1.29 is 40.2 Å². The Bertz CT molecular complexity index is 890. The molecule has 0 saturated heterocycles. The van der Waals surface area contributed by atoms with Gasteiger partial charge >= 0.3 is 0 Å². The molecule has 1 unspecified atom stereocenters. The molecule has 41 heavy (non-hydrogen) atoms. The molecular formula is C32H57NO8. The molecule has 0 bridgehead atoms. The molecule has 0 aromatic rings. The van der Waals surface area contributed by atoms with E-state index in [0.717, 1.165) is 32.1 Å². The molecule has 4 fully saturated rings. The zero-order valence-electron chi connectivity index (χ0n) is 25.9. The van der Waals surface area contributed by atoms with Gasteiger partial charge in [0.25, 0.3) is 0 Å². The van der Waals surface area contributed by atoms with Crippen LogP contribution in [0.25, 0.3) is 0 Å². The number of hydrogen-bond donors (Lipinski definition) is 6. The van der Waals surface area contributed by atoms with Crippen LogP contribution in [0.15, 0.2) is 0 Å². The second-order valence-electron chi connectivity index (χ2n) is 14.7. The monoisotopic (exact) mass is 583 g/mol. The summed E-state index contributed by atoms with van der Waals surface area (Å²) in [5.74, 6) is 3.10. The van der Waals surface area contributed by atoms with E-state index >= 15 is 0 Å². The summed E-state index contributed by atoms with van der Waals surface area (Å²) < 4.78 is 6.21. The lowest BCUT2D eigenvalue weighted by Crippen LogP contribution is -2.59. The van der Waals surface area contributed by atoms with Crippen LogP contribution in [0.5, 0.6) is 0 Å². The molecule has 9 heteroatoms. The lowest BCUT2D eigenvalue weighted by molar-refractivity contribution is -0.181. The maximum atomic E-state index is 13.0. The van der Waals surface area contributed by atoms with Crippen molar-refractivity contribution in [2.75, 3.05) is 27.3 Å². The Kier molecular flexibility index (Phi) is 10.5. The molecule has 14 atom stereocenters. The van der Waals surface area contributed by atoms with Gasteiger partial charge in [0.2, 0.25) is 5.91 Å². The quantitative estimate of drug-likeness (QED) is 0.216. The summed E-state index contributed by atoms with van der Waals surface area (Å²) in [6.45, 7) is 6.35. The summed E-state index contributed by atoms with van der Waals surface area (Å²) in [7, 11) is 3.44. The number of carbonyl (C=O) groups excluding carboxylic acids is 1. The Morgan fingerprint density at radius 2 is 1.59 bits per heavy atom. The van der Waals surface area contributed by atoms with Crippen molar-refractivity contribution in [3.8, 4) is 0 Å². The number of nitrogens with zero attached hydrogens (tertiary/aromatic N) is 1. The van der Waals surface area contributed by atoms with Crippen LogP contribution < -0.4 is 0 Å². The second kappa shape index (κ2) is 13.0. The molecule has 0 heterocycles. The molecule has 4 saturated carbocycles. The first-order valence-corrected chi connectivity index (χ1v) is 16.1. The first-order valence-electron chi connectivity index (χ1n) is 16.1. The van der Waals surface area contributed by atoms with Gasteiger partial charge in [0, 0.05) is 27.1 Å². The normalized spacial score (nSPS) is 42.3. The number of fused-ring (bicyclic) bond motifs is 5. The van der Waals surface area contributed by atoms with E-state index in [1.807, 2.05) is 7.11 Å². The number of methoxy groups -OCH3 is 1. The summed E-state index contributed by atoms with van der Waals surface area (Å²) in [6.07, 6.45) is 3.55. The van der Waals surface area contributed by atoms with Crippen molar-refractivity contribution in [3.05, 3.63) is 0 Å². The summed E-state index contributed by atoms with van der Waals surface area (Å²) in [6, 6.07) is 0. The van der Waals surface area contributed by atoms with Crippen molar-refractivity contribution in [2.45, 2.75) is 122 Å². The third kappa shape index (κ3) is 6.24. The van der Waals surface area contributed by atoms with Gasteiger partial charge in [-0.05, 0) is 104 Å². The number of rotatable bonds is 11. The van der Waals surface area contributed by atoms with Gasteiger partial charge in [-0.1, -0.05) is 20.8 Å². The van der Waals surface area contributed by atoms with Gasteiger partial charge in [0.1, 0.15) is 24.4 Å². The van der Waals surface area contributed by atoms with E-state index in [9.17, 15) is 30.3 Å². The van der Waals surface area contributed by atoms with Crippen LogP contribution in [-0.4, -0.2) is 105 Å². The van der Waals surface area contributed by atoms with Crippen LogP contribution in [0, 0.1) is 46.3 Å². The minimum absolute atomic E-state index is 0.131. The fourth-order valence-corrected chi connectivity index (χ4v) is 10.2. The maximum Gasteiger partial charge on any atom is 0.222 e. The summed E-state index contributed by atoms with van der Waals surface area (Å²) in [5.41, 5.74) is 0.499. The van der Waals surface area contributed by atoms with E-state index in [4.69, 9.17) is 9.84 Å². The third-order valence-corrected chi connectivity index (χ3v) is 12.7. The van der Waals surface area contributed by atoms with Gasteiger partial charge in [-0.2, -0.15) is 0 Å². The SMILES string of the molecule is CO[C@@H]1C[C@@H]2C[C@H](O)CC[C@]2(C)[C@H]2CC[C@]3(C)C([C@H](C)CCC(=O)N(C)C[C@H](O)[C@@H](O)[C@H](O)[C@H](O)CO)CC[C@H]3[C@H]12. The van der Waals surface area contributed by atoms with E-state index in [0.29, 0.717) is 41.9 Å². The lowest BCUT2D eigenvalue weighted by Gasteiger charge is -2.63. The highest BCUT2D eigenvalue weighted by Crippen LogP contribution is 2.68. The molecule has 0 aromatic heterocycles. The topological polar surface area (TPSA) is 151 Å². The molecular weight excluding hydrogens is 526 g/mol. The average Bonchev–Trinajstić information content (AvgIpc) is 3.31. The van der Waals surface area contributed by atoms with Crippen molar-refractivity contribution >= 4 is 5.91 Å². The second-order valence-corrected chi connectivity index (χ2v) is 14.7. The number of likely N-dealkylation sites (N-methyl/N-ethyl adjacent to an activating group) is 1. The van der Waals surface area contributed by atoms with Crippen LogP contribution in [-0.2, 0) is 9.53 Å². The molecule has 1 amide bonds. The largest absolute Gasteiger partial charge is 0.394 e. The highest BCUT2D eigenvalue weighted by Gasteiger charge is 2.63. The summed E-state index contributed by atoms with van der Waals surface area (Å²) >= 11 is 0. The van der Waals surface area contributed by atoms with Gasteiger partial charge in [-0.3, -0.25) is 4.79 Å². The lowest BCUT2D eigenvalue weighted by atomic mass is 9.43. The molecule has 9 nitrogen and oxygen atoms in total. The maximum absolute atomic E-state index is 13.0. The average molecular weight is 584 g/mol. The zero-order valence-corrected chi connectivity index (χ0v) is 25.9. The van der Waals surface area contributed by atoms with Crippen LogP contribution in [0.1, 0.15) is 85.0 Å². The Hall–Kier alpha value is -0.810. The van der Waals surface area contributed by atoms with Gasteiger partial charge in [0.05, 0.1) is 18.8 Å². The summed E-state index contributed by atoms with van der Waals surface area (Å²) in [4.78, 5) is 14.3. The van der Waals surface area contributed by atoms with E-state index in [1.54, 1.807) is 7.05 Å². The Morgan fingerprint density at radius 3 is 2.24 bits per heavy atom. The van der Waals surface area contributed by atoms with Crippen molar-refractivity contribution in [2.24, 2.45) is 46.3 Å². The molecule has 0 aliphatic heterocycles. The zero-order chi connectivity index (χ0) is 30.3. The Labute approximate surface area is 246 Å². The highest BCUT2D eigenvalue weighted by molar-refractivity contribution is 5.75. The van der Waals surface area contributed by atoms with Crippen LogP contribution in [0.4, 0.5) is 0 Å². The fraction of sp³-hybridized carbons (Fsp3) is 0.969. The fourth-order valence-electron chi connectivity index (χ4n) is 10.2. The molecule has 4 aliphatic carbocycles. The molecule has 0 spiro atoms. The molecule has 4 rings (SSSR count). The number of aliphatic hydroxyl groups is 6. The molecule has 0 aromatic carbocycles. The van der Waals surface area contributed by atoms with E-state index in [2.05, 4.69) is 20.8 Å². The summed E-state index contributed by atoms with van der Waals surface area (Å²) in [5, 5.41) is 59.2. The number of carbonyl (C=O) groups is 1. The number of aliphatic hydroxyl groups excluding tert-OH is 6. The van der Waals surface area contributed by atoms with Crippen LogP contribution >= 0.6 is 0 Å². The minimum Gasteiger partial charge on any atom is -0.394 e. The highest BCUT2D eigenvalue weighted by atomic mass is 16.5. The van der Waals surface area contributed by atoms with Crippen molar-refractivity contribution in [1.29, 1.82) is 0 Å². The first kappa shape index (κ1) is 33.1. The molecule has 6 N–H and O–H groups in total. The van der Waals surface area contributed by atoms with Crippen LogP contribution in [0.2, 0.25) is 0 Å². The minimum atomic E-state index is -1.70. The van der Waals surface area contributed by atoms with E-state index in [1.165, 1.54) is 30.6 Å². The van der Waals surface area contributed by atoms with Gasteiger partial charge in [0.15, 0.2) is 0 Å². The predicted molar refractivity (Wildman–Crippen MR) is 155 cm³/mol. The smallest absolute Gasteiger partial charge is 0.222 e. The van der Waals surface area contributed by atoms with Gasteiger partial charge in [-0.25, -0.2) is 0 Å². The number of ether oxygens (including phenoxy) is 1. The number of hydrogen-bond acceptors (Lipinski definition) is 8. The predicted octanol–water partition coefficient (Wildman–Crippen LogP) is 1.94. The molecule has 0 radical (unpaired) electrons. The third-order valence-electron chi connectivity index (χ3n) is 12.7. The first-order chi connectivity index (χ1) is 19.3. The van der Waals surface area contributed by atoms with Gasteiger partial charge < -0.3 is 40.3 Å². The van der Waals surface area contributed by atoms with Crippen LogP contribution in [0.3, 0.4) is 0 Å². The van der Waals surface area contributed by atoms with Gasteiger partial charge in [-0.15, -0.1) is 0 Å². The van der Waals surface area contributed by atoms with Crippen molar-refractivity contribution in [1.82, 2.24) is 4.90 Å². The van der Waals surface area contributed by atoms with Crippen molar-refractivity contribution in [3.63, 3.8) is 0 Å². The number of amides is 1.